The van der Waals surface area contributed by atoms with Gasteiger partial charge in [0, 0.05) is 39.3 Å². The Balaban J connectivity index is 1.26. The van der Waals surface area contributed by atoms with Crippen molar-refractivity contribution in [2.24, 2.45) is 0 Å². The molecule has 2 nitrogen and oxygen atoms in total. The summed E-state index contributed by atoms with van der Waals surface area (Å²) in [5.41, 5.74) is 22.2. The Bertz CT molecular complexity index is 2940. The third-order valence-electron chi connectivity index (χ3n) is 13.8. The molecule has 3 heteroatoms. The van der Waals surface area contributed by atoms with E-state index in [9.17, 15) is 0 Å². The third kappa shape index (κ3) is 5.62. The SMILES string of the molecule is CCCCc1ccc(N2B3c4cc5c(cc4N(c4ccc(CCCC)cc4-c4ccccc4)c4cc6ccccc6c(c43)-c3ccccc32)-c2ccccc2C5(C)C)cc1. The fraction of sp³-hybridized carbons (Fsp3) is 0.193. The standard InChI is InChI=1S/C57H51BN2/c1-5-7-18-38-28-31-42(32-29-38)60-52-27-17-15-25-45(52)55-43-23-13-12-22-41(43)35-54-56(55)58(60)50-37-49-47(44-24-14-16-26-48(44)57(49,3)4)36-53(50)59(54)51-33-30-39(19-8-6-2)34-46(51)40-20-10-9-11-21-40/h9-17,20-37H,5-8,18-19H2,1-4H3. The third-order valence-corrected chi connectivity index (χ3v) is 13.8. The molecule has 8 aromatic carbocycles. The molecule has 0 saturated heterocycles. The zero-order valence-corrected chi connectivity index (χ0v) is 35.3. The van der Waals surface area contributed by atoms with Crippen LogP contribution in [-0.2, 0) is 18.3 Å². The summed E-state index contributed by atoms with van der Waals surface area (Å²) in [7, 11) is 0. The molecule has 8 aromatic rings. The first-order valence-electron chi connectivity index (χ1n) is 22.3. The molecule has 0 spiro atoms. The van der Waals surface area contributed by atoms with Gasteiger partial charge in [-0.25, -0.2) is 0 Å². The average Bonchev–Trinajstić information content (AvgIpc) is 3.52. The molecule has 0 saturated carbocycles. The Kier molecular flexibility index (Phi) is 8.85. The van der Waals surface area contributed by atoms with Crippen molar-refractivity contribution in [3.05, 3.63) is 186 Å². The van der Waals surface area contributed by atoms with E-state index in [-0.39, 0.29) is 12.3 Å². The number of rotatable bonds is 9. The lowest BCUT2D eigenvalue weighted by atomic mass is 9.43. The Morgan fingerprint density at radius 3 is 1.98 bits per heavy atom. The minimum Gasteiger partial charge on any atom is -0.376 e. The van der Waals surface area contributed by atoms with Gasteiger partial charge in [-0.05, 0) is 134 Å². The number of anilines is 5. The molecule has 0 fully saturated rings. The van der Waals surface area contributed by atoms with Crippen molar-refractivity contribution in [2.75, 3.05) is 9.71 Å². The number of aryl methyl sites for hydroxylation is 2. The van der Waals surface area contributed by atoms with E-state index in [1.165, 1.54) is 131 Å². The van der Waals surface area contributed by atoms with E-state index >= 15 is 0 Å². The maximum Gasteiger partial charge on any atom is 0.333 e. The van der Waals surface area contributed by atoms with Crippen LogP contribution in [0.5, 0.6) is 0 Å². The topological polar surface area (TPSA) is 6.48 Å². The molecule has 3 aliphatic rings. The quantitative estimate of drug-likeness (QED) is 0.135. The predicted molar refractivity (Wildman–Crippen MR) is 258 cm³/mol. The summed E-state index contributed by atoms with van der Waals surface area (Å²) in [4.78, 5) is 5.32. The zero-order valence-electron chi connectivity index (χ0n) is 35.3. The first-order valence-corrected chi connectivity index (χ1v) is 22.3. The number of nitrogens with zero attached hydrogens (tertiary/aromatic N) is 2. The fourth-order valence-electron chi connectivity index (χ4n) is 10.8. The van der Waals surface area contributed by atoms with Crippen molar-refractivity contribution in [1.29, 1.82) is 0 Å². The van der Waals surface area contributed by atoms with E-state index in [1.54, 1.807) is 0 Å². The number of unbranched alkanes of at least 4 members (excludes halogenated alkanes) is 2. The lowest BCUT2D eigenvalue weighted by molar-refractivity contribution is 0.661. The van der Waals surface area contributed by atoms with Crippen LogP contribution in [0.15, 0.2) is 164 Å². The first kappa shape index (κ1) is 36.7. The Labute approximate surface area is 356 Å². The van der Waals surface area contributed by atoms with Crippen LogP contribution in [0.4, 0.5) is 28.4 Å². The summed E-state index contributed by atoms with van der Waals surface area (Å²) in [6, 6.07) is 62.9. The van der Waals surface area contributed by atoms with Crippen LogP contribution in [-0.4, -0.2) is 6.85 Å². The smallest absolute Gasteiger partial charge is 0.333 e. The number of hydrogen-bond acceptors (Lipinski definition) is 2. The summed E-state index contributed by atoms with van der Waals surface area (Å²) in [5, 5.41) is 2.56. The number of benzene rings is 8. The van der Waals surface area contributed by atoms with Crippen molar-refractivity contribution in [1.82, 2.24) is 0 Å². The highest BCUT2D eigenvalue weighted by Gasteiger charge is 2.48. The Morgan fingerprint density at radius 1 is 0.500 bits per heavy atom. The average molecular weight is 775 g/mol. The van der Waals surface area contributed by atoms with Gasteiger partial charge in [0.15, 0.2) is 0 Å². The first-order chi connectivity index (χ1) is 29.5. The second-order valence-corrected chi connectivity index (χ2v) is 17.7. The van der Waals surface area contributed by atoms with Gasteiger partial charge in [0.1, 0.15) is 0 Å². The number of hydrogen-bond donors (Lipinski definition) is 0. The summed E-state index contributed by atoms with van der Waals surface area (Å²) >= 11 is 0. The van der Waals surface area contributed by atoms with Gasteiger partial charge in [0.2, 0.25) is 0 Å². The van der Waals surface area contributed by atoms with Crippen LogP contribution in [0, 0.1) is 0 Å². The van der Waals surface area contributed by atoms with Crippen LogP contribution >= 0.6 is 0 Å². The maximum atomic E-state index is 2.67. The van der Waals surface area contributed by atoms with Crippen LogP contribution in [0.1, 0.15) is 75.6 Å². The largest absolute Gasteiger partial charge is 0.376 e. The zero-order chi connectivity index (χ0) is 40.5. The highest BCUT2D eigenvalue weighted by atomic mass is 15.2. The molecule has 0 radical (unpaired) electrons. The van der Waals surface area contributed by atoms with E-state index < -0.39 is 0 Å². The van der Waals surface area contributed by atoms with E-state index in [2.05, 4.69) is 201 Å². The molecule has 0 aromatic heterocycles. The van der Waals surface area contributed by atoms with Gasteiger partial charge in [-0.3, -0.25) is 0 Å². The Morgan fingerprint density at radius 2 is 1.18 bits per heavy atom. The second-order valence-electron chi connectivity index (χ2n) is 17.7. The van der Waals surface area contributed by atoms with E-state index in [1.807, 2.05) is 0 Å². The summed E-state index contributed by atoms with van der Waals surface area (Å²) in [5.74, 6) is 0. The maximum absolute atomic E-state index is 2.67. The molecule has 292 valence electrons. The van der Waals surface area contributed by atoms with Crippen molar-refractivity contribution in [3.63, 3.8) is 0 Å². The molecule has 11 rings (SSSR count). The molecule has 0 bridgehead atoms. The van der Waals surface area contributed by atoms with Crippen molar-refractivity contribution in [2.45, 2.75) is 71.6 Å². The van der Waals surface area contributed by atoms with Gasteiger partial charge in [0.25, 0.3) is 0 Å². The van der Waals surface area contributed by atoms with Gasteiger partial charge in [-0.2, -0.15) is 0 Å². The lowest BCUT2D eigenvalue weighted by Crippen LogP contribution is -2.61. The van der Waals surface area contributed by atoms with Gasteiger partial charge < -0.3 is 9.71 Å². The van der Waals surface area contributed by atoms with Crippen LogP contribution < -0.4 is 20.6 Å². The molecule has 1 aliphatic carbocycles. The van der Waals surface area contributed by atoms with E-state index in [0.717, 1.165) is 12.8 Å². The van der Waals surface area contributed by atoms with Gasteiger partial charge >= 0.3 is 6.85 Å². The summed E-state index contributed by atoms with van der Waals surface area (Å²) in [6.45, 7) is 9.35. The van der Waals surface area contributed by atoms with Crippen LogP contribution in [0.25, 0.3) is 44.2 Å². The molecule has 2 heterocycles. The van der Waals surface area contributed by atoms with Crippen LogP contribution in [0.3, 0.4) is 0 Å². The fourth-order valence-corrected chi connectivity index (χ4v) is 10.8. The molecular weight excluding hydrogens is 723 g/mol. The minimum atomic E-state index is -0.146. The normalized spacial score (nSPS) is 14.1. The second kappa shape index (κ2) is 14.5. The molecule has 2 aliphatic heterocycles. The lowest BCUT2D eigenvalue weighted by Gasteiger charge is -2.46. The van der Waals surface area contributed by atoms with Gasteiger partial charge in [0.05, 0.1) is 5.69 Å². The molecule has 0 N–H and O–H groups in total. The minimum absolute atomic E-state index is 0.0592. The van der Waals surface area contributed by atoms with Gasteiger partial charge in [-0.1, -0.05) is 162 Å². The monoisotopic (exact) mass is 774 g/mol. The van der Waals surface area contributed by atoms with Crippen molar-refractivity contribution >= 4 is 57.0 Å². The number of para-hydroxylation sites is 1. The van der Waals surface area contributed by atoms with Gasteiger partial charge in [-0.15, -0.1) is 0 Å². The van der Waals surface area contributed by atoms with Crippen molar-refractivity contribution in [3.8, 4) is 33.4 Å². The van der Waals surface area contributed by atoms with E-state index in [4.69, 9.17) is 0 Å². The molecule has 0 amide bonds. The molecule has 0 atom stereocenters. The molecule has 0 unspecified atom stereocenters. The summed E-state index contributed by atoms with van der Waals surface area (Å²) < 4.78 is 0. The number of fused-ring (bicyclic) bond motifs is 9. The van der Waals surface area contributed by atoms with Crippen molar-refractivity contribution < 1.29 is 0 Å². The molecule has 60 heavy (non-hydrogen) atoms. The Hall–Kier alpha value is -6.32. The van der Waals surface area contributed by atoms with Crippen LogP contribution in [0.2, 0.25) is 0 Å². The summed E-state index contributed by atoms with van der Waals surface area (Å²) in [6.07, 6.45) is 6.93. The molecular formula is C57H51BN2. The highest BCUT2D eigenvalue weighted by Crippen LogP contribution is 2.54. The van der Waals surface area contributed by atoms with E-state index in [0.29, 0.717) is 0 Å². The highest BCUT2D eigenvalue weighted by molar-refractivity contribution is 6.94. The predicted octanol–water partition coefficient (Wildman–Crippen LogP) is 14.2.